The average Bonchev–Trinajstić information content (AvgIpc) is 2.19. The summed E-state index contributed by atoms with van der Waals surface area (Å²) in [5.41, 5.74) is 0. The SMILES string of the molecule is ICNC1=NCCC1. The second-order valence-electron chi connectivity index (χ2n) is 1.74. The van der Waals surface area contributed by atoms with Crippen LogP contribution in [0.3, 0.4) is 0 Å². The summed E-state index contributed by atoms with van der Waals surface area (Å²) in [5, 5.41) is 3.18. The lowest BCUT2D eigenvalue weighted by atomic mass is 10.3. The maximum atomic E-state index is 4.23. The monoisotopic (exact) mass is 224 g/mol. The van der Waals surface area contributed by atoms with Gasteiger partial charge in [0, 0.05) is 13.0 Å². The summed E-state index contributed by atoms with van der Waals surface area (Å²) >= 11 is 2.29. The summed E-state index contributed by atoms with van der Waals surface area (Å²) in [6.07, 6.45) is 2.39. The van der Waals surface area contributed by atoms with Crippen molar-refractivity contribution < 1.29 is 0 Å². The Morgan fingerprint density at radius 1 is 1.75 bits per heavy atom. The molecule has 0 aromatic carbocycles. The number of rotatable bonds is 1. The van der Waals surface area contributed by atoms with Crippen LogP contribution in [-0.2, 0) is 0 Å². The van der Waals surface area contributed by atoms with Crippen LogP contribution in [0, 0.1) is 0 Å². The summed E-state index contributed by atoms with van der Waals surface area (Å²) in [6.45, 7) is 1.03. The third kappa shape index (κ3) is 1.61. The van der Waals surface area contributed by atoms with Crippen molar-refractivity contribution in [2.75, 3.05) is 11.1 Å². The summed E-state index contributed by atoms with van der Waals surface area (Å²) in [5.74, 6) is 1.19. The van der Waals surface area contributed by atoms with E-state index >= 15 is 0 Å². The van der Waals surface area contributed by atoms with Gasteiger partial charge in [-0.25, -0.2) is 0 Å². The molecule has 0 radical (unpaired) electrons. The molecule has 0 spiro atoms. The van der Waals surface area contributed by atoms with Crippen molar-refractivity contribution in [3.8, 4) is 0 Å². The molecule has 1 rings (SSSR count). The van der Waals surface area contributed by atoms with E-state index in [0.29, 0.717) is 0 Å². The van der Waals surface area contributed by atoms with E-state index in [2.05, 4.69) is 32.9 Å². The second kappa shape index (κ2) is 3.27. The fourth-order valence-corrected chi connectivity index (χ4v) is 1.20. The summed E-state index contributed by atoms with van der Waals surface area (Å²) in [4.78, 5) is 4.23. The molecule has 3 heteroatoms. The Morgan fingerprint density at radius 3 is 3.12 bits per heavy atom. The quantitative estimate of drug-likeness (QED) is 0.403. The standard InChI is InChI=1S/C5H9IN2/c6-4-8-5-2-1-3-7-5/h1-4H2,(H,7,8). The van der Waals surface area contributed by atoms with Gasteiger partial charge in [0.05, 0.1) is 10.4 Å². The van der Waals surface area contributed by atoms with Gasteiger partial charge in [0.2, 0.25) is 0 Å². The van der Waals surface area contributed by atoms with Gasteiger partial charge < -0.3 is 5.32 Å². The first kappa shape index (κ1) is 6.32. The van der Waals surface area contributed by atoms with Crippen molar-refractivity contribution in [1.82, 2.24) is 5.32 Å². The average molecular weight is 224 g/mol. The molecular weight excluding hydrogens is 215 g/mol. The minimum atomic E-state index is 0.983. The van der Waals surface area contributed by atoms with Gasteiger partial charge in [-0.3, -0.25) is 4.99 Å². The number of hydrogen-bond acceptors (Lipinski definition) is 2. The zero-order valence-corrected chi connectivity index (χ0v) is 6.81. The number of nitrogens with zero attached hydrogens (tertiary/aromatic N) is 1. The first-order valence-electron chi connectivity index (χ1n) is 2.76. The van der Waals surface area contributed by atoms with Gasteiger partial charge in [-0.2, -0.15) is 0 Å². The minimum absolute atomic E-state index is 0.983. The number of aliphatic imine (C=N–C) groups is 1. The Morgan fingerprint density at radius 2 is 2.62 bits per heavy atom. The topological polar surface area (TPSA) is 24.4 Å². The summed E-state index contributed by atoms with van der Waals surface area (Å²) in [7, 11) is 0. The predicted molar refractivity (Wildman–Crippen MR) is 43.6 cm³/mol. The Kier molecular flexibility index (Phi) is 2.58. The van der Waals surface area contributed by atoms with Gasteiger partial charge in [0.25, 0.3) is 0 Å². The molecule has 0 amide bonds. The maximum absolute atomic E-state index is 4.23. The lowest BCUT2D eigenvalue weighted by Crippen LogP contribution is -2.18. The largest absolute Gasteiger partial charge is 0.365 e. The van der Waals surface area contributed by atoms with E-state index < -0.39 is 0 Å². The summed E-state index contributed by atoms with van der Waals surface area (Å²) in [6, 6.07) is 0. The third-order valence-corrected chi connectivity index (χ3v) is 1.53. The van der Waals surface area contributed by atoms with Gasteiger partial charge >= 0.3 is 0 Å². The van der Waals surface area contributed by atoms with Gasteiger partial charge in [-0.1, -0.05) is 22.6 Å². The molecule has 0 fully saturated rings. The fourth-order valence-electron chi connectivity index (χ4n) is 0.761. The van der Waals surface area contributed by atoms with Crippen LogP contribution in [0.2, 0.25) is 0 Å². The zero-order valence-electron chi connectivity index (χ0n) is 4.65. The van der Waals surface area contributed by atoms with Crippen molar-refractivity contribution in [3.05, 3.63) is 0 Å². The van der Waals surface area contributed by atoms with Crippen molar-refractivity contribution in [2.45, 2.75) is 12.8 Å². The van der Waals surface area contributed by atoms with Crippen molar-refractivity contribution in [2.24, 2.45) is 4.99 Å². The molecule has 1 heterocycles. The maximum Gasteiger partial charge on any atom is 0.0969 e. The summed E-state index contributed by atoms with van der Waals surface area (Å²) < 4.78 is 0.983. The van der Waals surface area contributed by atoms with E-state index in [4.69, 9.17) is 0 Å². The number of halogens is 1. The van der Waals surface area contributed by atoms with E-state index in [0.717, 1.165) is 17.5 Å². The smallest absolute Gasteiger partial charge is 0.0969 e. The Labute approximate surface area is 62.9 Å². The molecule has 0 saturated heterocycles. The molecule has 8 heavy (non-hydrogen) atoms. The number of hydrogen-bond donors (Lipinski definition) is 1. The molecule has 0 aromatic rings. The van der Waals surface area contributed by atoms with Crippen LogP contribution >= 0.6 is 22.6 Å². The Balaban J connectivity index is 2.23. The van der Waals surface area contributed by atoms with Crippen LogP contribution in [-0.4, -0.2) is 16.9 Å². The molecule has 1 aliphatic heterocycles. The lowest BCUT2D eigenvalue weighted by molar-refractivity contribution is 0.945. The van der Waals surface area contributed by atoms with E-state index in [-0.39, 0.29) is 0 Å². The molecule has 46 valence electrons. The van der Waals surface area contributed by atoms with E-state index in [1.165, 1.54) is 12.3 Å². The first-order chi connectivity index (χ1) is 3.93. The molecule has 1 N–H and O–H groups in total. The molecule has 2 nitrogen and oxygen atoms in total. The molecule has 0 atom stereocenters. The highest BCUT2D eigenvalue weighted by Gasteiger charge is 2.02. The normalized spacial score (nSPS) is 18.4. The van der Waals surface area contributed by atoms with Gasteiger partial charge in [-0.05, 0) is 6.42 Å². The highest BCUT2D eigenvalue weighted by Crippen LogP contribution is 2.00. The third-order valence-electron chi connectivity index (χ3n) is 1.15. The molecule has 0 unspecified atom stereocenters. The highest BCUT2D eigenvalue weighted by molar-refractivity contribution is 14.1. The Bertz CT molecular complexity index is 101. The predicted octanol–water partition coefficient (Wildman–Crippen LogP) is 1.16. The van der Waals surface area contributed by atoms with Crippen LogP contribution in [0.15, 0.2) is 4.99 Å². The highest BCUT2D eigenvalue weighted by atomic mass is 127. The number of alkyl halides is 1. The van der Waals surface area contributed by atoms with Crippen LogP contribution in [0.5, 0.6) is 0 Å². The van der Waals surface area contributed by atoms with E-state index in [1.54, 1.807) is 0 Å². The molecule has 0 saturated carbocycles. The van der Waals surface area contributed by atoms with Crippen molar-refractivity contribution >= 4 is 28.4 Å². The minimum Gasteiger partial charge on any atom is -0.365 e. The van der Waals surface area contributed by atoms with Gasteiger partial charge in [0.1, 0.15) is 0 Å². The van der Waals surface area contributed by atoms with Gasteiger partial charge in [0.15, 0.2) is 0 Å². The Hall–Kier alpha value is 0.200. The number of amidine groups is 1. The second-order valence-corrected chi connectivity index (χ2v) is 2.51. The number of nitrogens with one attached hydrogen (secondary N) is 1. The molecule has 0 aromatic heterocycles. The molecular formula is C5H9IN2. The van der Waals surface area contributed by atoms with E-state index in [1.807, 2.05) is 0 Å². The van der Waals surface area contributed by atoms with Crippen LogP contribution in [0.25, 0.3) is 0 Å². The molecule has 0 aliphatic carbocycles. The molecule has 1 aliphatic rings. The molecule has 0 bridgehead atoms. The lowest BCUT2D eigenvalue weighted by Gasteiger charge is -1.96. The van der Waals surface area contributed by atoms with Gasteiger partial charge in [-0.15, -0.1) is 0 Å². The van der Waals surface area contributed by atoms with Crippen LogP contribution in [0.1, 0.15) is 12.8 Å². The first-order valence-corrected chi connectivity index (χ1v) is 4.29. The van der Waals surface area contributed by atoms with E-state index in [9.17, 15) is 0 Å². The van der Waals surface area contributed by atoms with Crippen molar-refractivity contribution in [3.63, 3.8) is 0 Å². The van der Waals surface area contributed by atoms with Crippen LogP contribution < -0.4 is 5.32 Å². The zero-order chi connectivity index (χ0) is 5.82. The van der Waals surface area contributed by atoms with Crippen LogP contribution in [0.4, 0.5) is 0 Å². The van der Waals surface area contributed by atoms with Crippen molar-refractivity contribution in [1.29, 1.82) is 0 Å². The fraction of sp³-hybridized carbons (Fsp3) is 0.800.